The fourth-order valence-electron chi connectivity index (χ4n) is 2.92. The van der Waals surface area contributed by atoms with Crippen molar-refractivity contribution in [2.45, 2.75) is 78.4 Å². The summed E-state index contributed by atoms with van der Waals surface area (Å²) in [6.07, 6.45) is 3.67. The number of carbonyl (C=O) groups excluding carboxylic acids is 1. The third kappa shape index (κ3) is 6.79. The van der Waals surface area contributed by atoms with E-state index >= 15 is 0 Å². The van der Waals surface area contributed by atoms with Crippen molar-refractivity contribution in [1.82, 2.24) is 15.5 Å². The van der Waals surface area contributed by atoms with Crippen LogP contribution in [0.2, 0.25) is 0 Å². The molecule has 1 aliphatic rings. The SMILES string of the molecule is CC(C)CNCC1CCCCN1C(C)C(=O)NC(C)(C)C. The smallest absolute Gasteiger partial charge is 0.237 e. The van der Waals surface area contributed by atoms with Gasteiger partial charge in [-0.05, 0) is 59.5 Å². The fraction of sp³-hybridized carbons (Fsp3) is 0.941. The number of hydrogen-bond acceptors (Lipinski definition) is 3. The number of likely N-dealkylation sites (tertiary alicyclic amines) is 1. The van der Waals surface area contributed by atoms with Crippen LogP contribution in [0.3, 0.4) is 0 Å². The van der Waals surface area contributed by atoms with Crippen LogP contribution in [0.15, 0.2) is 0 Å². The summed E-state index contributed by atoms with van der Waals surface area (Å²) in [7, 11) is 0. The highest BCUT2D eigenvalue weighted by atomic mass is 16.2. The number of nitrogens with one attached hydrogen (secondary N) is 2. The summed E-state index contributed by atoms with van der Waals surface area (Å²) in [5.74, 6) is 0.821. The molecule has 0 spiro atoms. The molecule has 1 heterocycles. The van der Waals surface area contributed by atoms with Crippen LogP contribution in [0.1, 0.15) is 60.8 Å². The largest absolute Gasteiger partial charge is 0.350 e. The van der Waals surface area contributed by atoms with Crippen LogP contribution >= 0.6 is 0 Å². The monoisotopic (exact) mass is 297 g/mol. The van der Waals surface area contributed by atoms with Gasteiger partial charge in [0.15, 0.2) is 0 Å². The highest BCUT2D eigenvalue weighted by Crippen LogP contribution is 2.20. The maximum Gasteiger partial charge on any atom is 0.237 e. The van der Waals surface area contributed by atoms with E-state index in [4.69, 9.17) is 0 Å². The summed E-state index contributed by atoms with van der Waals surface area (Å²) in [6.45, 7) is 15.7. The second-order valence-corrected chi connectivity index (χ2v) is 7.85. The molecule has 124 valence electrons. The Hall–Kier alpha value is -0.610. The quantitative estimate of drug-likeness (QED) is 0.791. The highest BCUT2D eigenvalue weighted by molar-refractivity contribution is 5.82. The van der Waals surface area contributed by atoms with Crippen molar-refractivity contribution in [3.8, 4) is 0 Å². The van der Waals surface area contributed by atoms with E-state index in [-0.39, 0.29) is 17.5 Å². The molecule has 0 saturated carbocycles. The van der Waals surface area contributed by atoms with Crippen LogP contribution in [-0.4, -0.2) is 48.1 Å². The van der Waals surface area contributed by atoms with E-state index in [2.05, 4.69) is 29.4 Å². The van der Waals surface area contributed by atoms with Crippen molar-refractivity contribution < 1.29 is 4.79 Å². The average molecular weight is 297 g/mol. The number of piperidine rings is 1. The lowest BCUT2D eigenvalue weighted by Gasteiger charge is -2.40. The van der Waals surface area contributed by atoms with Gasteiger partial charge in [0.2, 0.25) is 5.91 Å². The van der Waals surface area contributed by atoms with Crippen molar-refractivity contribution in [2.75, 3.05) is 19.6 Å². The molecule has 1 amide bonds. The van der Waals surface area contributed by atoms with Gasteiger partial charge in [-0.15, -0.1) is 0 Å². The molecular formula is C17H35N3O. The molecule has 1 rings (SSSR count). The Bertz CT molecular complexity index is 322. The minimum atomic E-state index is -0.160. The molecule has 1 aliphatic heterocycles. The Morgan fingerprint density at radius 1 is 1.24 bits per heavy atom. The molecule has 0 bridgehead atoms. The molecule has 4 nitrogen and oxygen atoms in total. The summed E-state index contributed by atoms with van der Waals surface area (Å²) < 4.78 is 0. The second-order valence-electron chi connectivity index (χ2n) is 7.85. The third-order valence-electron chi connectivity index (χ3n) is 3.98. The number of rotatable bonds is 6. The Labute approximate surface area is 131 Å². The van der Waals surface area contributed by atoms with Gasteiger partial charge in [0.05, 0.1) is 6.04 Å². The Kier molecular flexibility index (Phi) is 7.14. The first kappa shape index (κ1) is 18.4. The van der Waals surface area contributed by atoms with Crippen LogP contribution in [0.4, 0.5) is 0 Å². The molecule has 4 heteroatoms. The molecule has 0 aromatic carbocycles. The minimum Gasteiger partial charge on any atom is -0.350 e. The van der Waals surface area contributed by atoms with Crippen molar-refractivity contribution in [3.63, 3.8) is 0 Å². The zero-order chi connectivity index (χ0) is 16.0. The van der Waals surface area contributed by atoms with E-state index < -0.39 is 0 Å². The number of carbonyl (C=O) groups is 1. The third-order valence-corrected chi connectivity index (χ3v) is 3.98. The second kappa shape index (κ2) is 8.14. The average Bonchev–Trinajstić information content (AvgIpc) is 2.36. The Morgan fingerprint density at radius 3 is 2.48 bits per heavy atom. The summed E-state index contributed by atoms with van der Waals surface area (Å²) in [4.78, 5) is 14.8. The Morgan fingerprint density at radius 2 is 1.90 bits per heavy atom. The zero-order valence-corrected chi connectivity index (χ0v) is 14.8. The number of nitrogens with zero attached hydrogens (tertiary/aromatic N) is 1. The molecule has 2 N–H and O–H groups in total. The van der Waals surface area contributed by atoms with Gasteiger partial charge in [-0.2, -0.15) is 0 Å². The van der Waals surface area contributed by atoms with Crippen LogP contribution in [-0.2, 0) is 4.79 Å². The van der Waals surface area contributed by atoms with E-state index in [9.17, 15) is 4.79 Å². The van der Waals surface area contributed by atoms with Crippen molar-refractivity contribution >= 4 is 5.91 Å². The Balaban J connectivity index is 2.56. The number of hydrogen-bond donors (Lipinski definition) is 2. The molecule has 0 aliphatic carbocycles. The molecule has 1 fully saturated rings. The first-order valence-electron chi connectivity index (χ1n) is 8.49. The van der Waals surface area contributed by atoms with Crippen LogP contribution in [0, 0.1) is 5.92 Å². The van der Waals surface area contributed by atoms with E-state index in [0.29, 0.717) is 12.0 Å². The molecule has 2 unspecified atom stereocenters. The predicted octanol–water partition coefficient (Wildman–Crippen LogP) is 2.39. The summed E-state index contributed by atoms with van der Waals surface area (Å²) in [5, 5.41) is 6.66. The van der Waals surface area contributed by atoms with Gasteiger partial charge >= 0.3 is 0 Å². The lowest BCUT2D eigenvalue weighted by atomic mass is 9.99. The maximum atomic E-state index is 12.4. The highest BCUT2D eigenvalue weighted by Gasteiger charge is 2.31. The van der Waals surface area contributed by atoms with E-state index in [1.54, 1.807) is 0 Å². The van der Waals surface area contributed by atoms with Gasteiger partial charge in [-0.3, -0.25) is 9.69 Å². The van der Waals surface area contributed by atoms with Gasteiger partial charge in [-0.25, -0.2) is 0 Å². The standard InChI is InChI=1S/C17H35N3O/c1-13(2)11-18-12-15-9-7-8-10-20(15)14(3)16(21)19-17(4,5)6/h13-15,18H,7-12H2,1-6H3,(H,19,21). The molecule has 0 aromatic heterocycles. The first-order chi connectivity index (χ1) is 9.70. The first-order valence-corrected chi connectivity index (χ1v) is 8.49. The van der Waals surface area contributed by atoms with E-state index in [1.165, 1.54) is 19.3 Å². The molecule has 2 atom stereocenters. The molecule has 0 radical (unpaired) electrons. The molecule has 0 aromatic rings. The maximum absolute atomic E-state index is 12.4. The molecule has 21 heavy (non-hydrogen) atoms. The lowest BCUT2D eigenvalue weighted by molar-refractivity contribution is -0.128. The summed E-state index contributed by atoms with van der Waals surface area (Å²) in [6, 6.07) is 0.439. The summed E-state index contributed by atoms with van der Waals surface area (Å²) in [5.41, 5.74) is -0.160. The predicted molar refractivity (Wildman–Crippen MR) is 89.4 cm³/mol. The summed E-state index contributed by atoms with van der Waals surface area (Å²) >= 11 is 0. The minimum absolute atomic E-state index is 0.0459. The van der Waals surface area contributed by atoms with Crippen LogP contribution in [0.25, 0.3) is 0 Å². The zero-order valence-electron chi connectivity index (χ0n) is 14.8. The van der Waals surface area contributed by atoms with Gasteiger partial charge < -0.3 is 10.6 Å². The lowest BCUT2D eigenvalue weighted by Crippen LogP contribution is -2.56. The normalized spacial score (nSPS) is 22.3. The van der Waals surface area contributed by atoms with Crippen molar-refractivity contribution in [1.29, 1.82) is 0 Å². The van der Waals surface area contributed by atoms with Gasteiger partial charge in [-0.1, -0.05) is 20.3 Å². The van der Waals surface area contributed by atoms with Gasteiger partial charge in [0.1, 0.15) is 0 Å². The van der Waals surface area contributed by atoms with E-state index in [0.717, 1.165) is 19.6 Å². The van der Waals surface area contributed by atoms with Crippen molar-refractivity contribution in [3.05, 3.63) is 0 Å². The van der Waals surface area contributed by atoms with Gasteiger partial charge in [0.25, 0.3) is 0 Å². The van der Waals surface area contributed by atoms with Crippen LogP contribution < -0.4 is 10.6 Å². The van der Waals surface area contributed by atoms with Gasteiger partial charge in [0, 0.05) is 18.1 Å². The molecule has 1 saturated heterocycles. The van der Waals surface area contributed by atoms with Crippen molar-refractivity contribution in [2.24, 2.45) is 5.92 Å². The van der Waals surface area contributed by atoms with E-state index in [1.807, 2.05) is 27.7 Å². The topological polar surface area (TPSA) is 44.4 Å². The number of amides is 1. The molecular weight excluding hydrogens is 262 g/mol. The van der Waals surface area contributed by atoms with Crippen LogP contribution in [0.5, 0.6) is 0 Å². The fourth-order valence-corrected chi connectivity index (χ4v) is 2.92.